The predicted molar refractivity (Wildman–Crippen MR) is 69.7 cm³/mol. The van der Waals surface area contributed by atoms with Crippen LogP contribution < -0.4 is 5.32 Å². The van der Waals surface area contributed by atoms with Crippen molar-refractivity contribution in [2.24, 2.45) is 0 Å². The molecule has 0 bridgehead atoms. The van der Waals surface area contributed by atoms with Crippen molar-refractivity contribution in [1.29, 1.82) is 0 Å². The second kappa shape index (κ2) is 9.04. The highest BCUT2D eigenvalue weighted by Gasteiger charge is 2.18. The van der Waals surface area contributed by atoms with Crippen LogP contribution in [0.1, 0.15) is 4.88 Å². The van der Waals surface area contributed by atoms with E-state index in [0.29, 0.717) is 19.8 Å². The molecule has 1 heterocycles. The molecule has 0 aromatic carbocycles. The molecule has 0 saturated carbocycles. The average Bonchev–Trinajstić information content (AvgIpc) is 2.90. The maximum atomic E-state index is 11.5. The van der Waals surface area contributed by atoms with Gasteiger partial charge in [-0.3, -0.25) is 10.1 Å². The molecular formula is C12H19NO4S. The molecule has 0 aliphatic heterocycles. The third-order valence-electron chi connectivity index (χ3n) is 2.30. The fourth-order valence-electron chi connectivity index (χ4n) is 1.33. The Kier molecular flexibility index (Phi) is 7.59. The van der Waals surface area contributed by atoms with Gasteiger partial charge in [0, 0.05) is 18.5 Å². The van der Waals surface area contributed by atoms with Gasteiger partial charge < -0.3 is 14.2 Å². The quantitative estimate of drug-likeness (QED) is 0.538. The first kappa shape index (κ1) is 15.1. The SMILES string of the molecule is COCCOCC(NCc1cccs1)C(=O)OC. The van der Waals surface area contributed by atoms with Crippen molar-refractivity contribution in [2.75, 3.05) is 34.0 Å². The number of nitrogens with one attached hydrogen (secondary N) is 1. The second-order valence-electron chi connectivity index (χ2n) is 3.60. The summed E-state index contributed by atoms with van der Waals surface area (Å²) in [7, 11) is 2.98. The van der Waals surface area contributed by atoms with Crippen molar-refractivity contribution < 1.29 is 19.0 Å². The molecule has 0 aliphatic carbocycles. The lowest BCUT2D eigenvalue weighted by Crippen LogP contribution is -2.41. The lowest BCUT2D eigenvalue weighted by Gasteiger charge is -2.16. The largest absolute Gasteiger partial charge is 0.468 e. The molecule has 0 fully saturated rings. The summed E-state index contributed by atoms with van der Waals surface area (Å²) in [5.74, 6) is -0.316. The van der Waals surface area contributed by atoms with Gasteiger partial charge in [-0.25, -0.2) is 0 Å². The Morgan fingerprint density at radius 3 is 2.89 bits per heavy atom. The van der Waals surface area contributed by atoms with Crippen LogP contribution in [0.4, 0.5) is 0 Å². The topological polar surface area (TPSA) is 56.8 Å². The molecule has 0 saturated heterocycles. The van der Waals surface area contributed by atoms with Gasteiger partial charge in [-0.1, -0.05) is 6.07 Å². The number of carbonyl (C=O) groups excluding carboxylic acids is 1. The first-order valence-electron chi connectivity index (χ1n) is 5.68. The first-order chi connectivity index (χ1) is 8.77. The Balaban J connectivity index is 2.33. The van der Waals surface area contributed by atoms with Crippen LogP contribution in [-0.2, 0) is 25.5 Å². The van der Waals surface area contributed by atoms with E-state index in [1.165, 1.54) is 12.0 Å². The van der Waals surface area contributed by atoms with Crippen molar-refractivity contribution in [3.05, 3.63) is 22.4 Å². The zero-order valence-electron chi connectivity index (χ0n) is 10.7. The van der Waals surface area contributed by atoms with Crippen LogP contribution in [0, 0.1) is 0 Å². The number of hydrogen-bond donors (Lipinski definition) is 1. The van der Waals surface area contributed by atoms with E-state index < -0.39 is 6.04 Å². The summed E-state index contributed by atoms with van der Waals surface area (Å²) < 4.78 is 14.9. The van der Waals surface area contributed by atoms with E-state index in [-0.39, 0.29) is 12.6 Å². The van der Waals surface area contributed by atoms with Crippen LogP contribution in [0.5, 0.6) is 0 Å². The zero-order chi connectivity index (χ0) is 13.2. The summed E-state index contributed by atoms with van der Waals surface area (Å²) in [4.78, 5) is 12.7. The van der Waals surface area contributed by atoms with Crippen LogP contribution in [0.2, 0.25) is 0 Å². The molecule has 18 heavy (non-hydrogen) atoms. The molecule has 1 N–H and O–H groups in total. The summed E-state index contributed by atoms with van der Waals surface area (Å²) in [6.45, 7) is 1.88. The minimum absolute atomic E-state index is 0.279. The molecular weight excluding hydrogens is 254 g/mol. The molecule has 0 aliphatic rings. The van der Waals surface area contributed by atoms with Crippen LogP contribution >= 0.6 is 11.3 Å². The Labute approximate surface area is 111 Å². The molecule has 6 heteroatoms. The molecule has 0 radical (unpaired) electrons. The van der Waals surface area contributed by atoms with Gasteiger partial charge >= 0.3 is 5.97 Å². The normalized spacial score (nSPS) is 12.3. The maximum Gasteiger partial charge on any atom is 0.325 e. The number of rotatable bonds is 9. The lowest BCUT2D eigenvalue weighted by molar-refractivity contribution is -0.145. The van der Waals surface area contributed by atoms with Gasteiger partial charge in [-0.15, -0.1) is 11.3 Å². The third-order valence-corrected chi connectivity index (χ3v) is 3.18. The van der Waals surface area contributed by atoms with Crippen molar-refractivity contribution in [2.45, 2.75) is 12.6 Å². The van der Waals surface area contributed by atoms with Crippen molar-refractivity contribution in [1.82, 2.24) is 5.32 Å². The molecule has 0 spiro atoms. The second-order valence-corrected chi connectivity index (χ2v) is 4.64. The molecule has 1 rings (SSSR count). The highest BCUT2D eigenvalue weighted by atomic mass is 32.1. The molecule has 1 aromatic heterocycles. The highest BCUT2D eigenvalue weighted by Crippen LogP contribution is 2.08. The summed E-state index contributed by atoms with van der Waals surface area (Å²) in [5.41, 5.74) is 0. The monoisotopic (exact) mass is 273 g/mol. The highest BCUT2D eigenvalue weighted by molar-refractivity contribution is 7.09. The maximum absolute atomic E-state index is 11.5. The number of carbonyl (C=O) groups is 1. The Hall–Kier alpha value is -0.950. The van der Waals surface area contributed by atoms with E-state index in [9.17, 15) is 4.79 Å². The first-order valence-corrected chi connectivity index (χ1v) is 6.56. The van der Waals surface area contributed by atoms with E-state index >= 15 is 0 Å². The fourth-order valence-corrected chi connectivity index (χ4v) is 1.99. The molecule has 0 amide bonds. The van der Waals surface area contributed by atoms with E-state index in [1.54, 1.807) is 18.4 Å². The Morgan fingerprint density at radius 1 is 1.44 bits per heavy atom. The number of thiophene rings is 1. The molecule has 1 unspecified atom stereocenters. The smallest absolute Gasteiger partial charge is 0.325 e. The predicted octanol–water partition coefficient (Wildman–Crippen LogP) is 1.04. The lowest BCUT2D eigenvalue weighted by atomic mass is 10.3. The molecule has 5 nitrogen and oxygen atoms in total. The number of ether oxygens (including phenoxy) is 3. The van der Waals surface area contributed by atoms with Crippen LogP contribution in [-0.4, -0.2) is 46.1 Å². The summed E-state index contributed by atoms with van der Waals surface area (Å²) in [6, 6.07) is 3.54. The molecule has 102 valence electrons. The van der Waals surface area contributed by atoms with E-state index in [0.717, 1.165) is 0 Å². The van der Waals surface area contributed by atoms with Gasteiger partial charge in [0.05, 0.1) is 26.9 Å². The number of hydrogen-bond acceptors (Lipinski definition) is 6. The van der Waals surface area contributed by atoms with Gasteiger partial charge in [-0.2, -0.15) is 0 Å². The van der Waals surface area contributed by atoms with Crippen molar-refractivity contribution in [3.63, 3.8) is 0 Å². The van der Waals surface area contributed by atoms with Gasteiger partial charge in [-0.05, 0) is 11.4 Å². The van der Waals surface area contributed by atoms with E-state index in [4.69, 9.17) is 14.2 Å². The standard InChI is InChI=1S/C12H19NO4S/c1-15-5-6-17-9-11(12(14)16-2)13-8-10-4-3-7-18-10/h3-4,7,11,13H,5-6,8-9H2,1-2H3. The third kappa shape index (κ3) is 5.59. The average molecular weight is 273 g/mol. The van der Waals surface area contributed by atoms with Gasteiger partial charge in [0.25, 0.3) is 0 Å². The molecule has 1 atom stereocenters. The summed E-state index contributed by atoms with van der Waals surface area (Å²) in [5, 5.41) is 5.12. The number of esters is 1. The van der Waals surface area contributed by atoms with Gasteiger partial charge in [0.2, 0.25) is 0 Å². The number of methoxy groups -OCH3 is 2. The minimum Gasteiger partial charge on any atom is -0.468 e. The van der Waals surface area contributed by atoms with Crippen molar-refractivity contribution in [3.8, 4) is 0 Å². The van der Waals surface area contributed by atoms with Crippen LogP contribution in [0.25, 0.3) is 0 Å². The summed E-state index contributed by atoms with van der Waals surface area (Å²) in [6.07, 6.45) is 0. The molecule has 1 aromatic rings. The van der Waals surface area contributed by atoms with Crippen LogP contribution in [0.3, 0.4) is 0 Å². The van der Waals surface area contributed by atoms with Gasteiger partial charge in [0.1, 0.15) is 6.04 Å². The Bertz CT molecular complexity index is 329. The summed E-state index contributed by atoms with van der Waals surface area (Å²) >= 11 is 1.64. The van der Waals surface area contributed by atoms with Crippen LogP contribution in [0.15, 0.2) is 17.5 Å². The van der Waals surface area contributed by atoms with Crippen molar-refractivity contribution >= 4 is 17.3 Å². The van der Waals surface area contributed by atoms with E-state index in [1.807, 2.05) is 17.5 Å². The Morgan fingerprint density at radius 2 is 2.28 bits per heavy atom. The van der Waals surface area contributed by atoms with Gasteiger partial charge in [0.15, 0.2) is 0 Å². The fraction of sp³-hybridized carbons (Fsp3) is 0.583. The zero-order valence-corrected chi connectivity index (χ0v) is 11.5. The minimum atomic E-state index is -0.450. The van der Waals surface area contributed by atoms with E-state index in [2.05, 4.69) is 5.32 Å².